The number of thiocarbonyl (C=S) groups is 1. The van der Waals surface area contributed by atoms with E-state index in [1.807, 2.05) is 0 Å². The van der Waals surface area contributed by atoms with E-state index in [1.54, 1.807) is 0 Å². The van der Waals surface area contributed by atoms with E-state index >= 15 is 0 Å². The first kappa shape index (κ1) is 16.3. The number of anilines is 1. The van der Waals surface area contributed by atoms with Gasteiger partial charge in [-0.15, -0.1) is 0 Å². The van der Waals surface area contributed by atoms with Gasteiger partial charge in [-0.2, -0.15) is 26.3 Å². The largest absolute Gasteiger partial charge is 0.416 e. The number of benzene rings is 1. The highest BCUT2D eigenvalue weighted by atomic mass is 32.1. The van der Waals surface area contributed by atoms with E-state index in [-0.39, 0.29) is 11.2 Å². The summed E-state index contributed by atoms with van der Waals surface area (Å²) in [6.45, 7) is 0. The molecular formula is C10H9F6N3S. The summed E-state index contributed by atoms with van der Waals surface area (Å²) in [5.41, 5.74) is 1.18. The predicted molar refractivity (Wildman–Crippen MR) is 64.9 cm³/mol. The fraction of sp³-hybridized carbons (Fsp3) is 0.300. The van der Waals surface area contributed by atoms with Crippen molar-refractivity contribution in [3.05, 3.63) is 29.3 Å². The molecular weight excluding hydrogens is 308 g/mol. The van der Waals surface area contributed by atoms with Gasteiger partial charge in [-0.05, 0) is 30.4 Å². The number of hydrogen-bond donors (Lipinski definition) is 3. The molecule has 0 radical (unpaired) electrons. The smallest absolute Gasteiger partial charge is 0.364 e. The van der Waals surface area contributed by atoms with Crippen molar-refractivity contribution in [2.24, 2.45) is 0 Å². The Morgan fingerprint density at radius 1 is 0.950 bits per heavy atom. The molecule has 1 aromatic carbocycles. The lowest BCUT2D eigenvalue weighted by Gasteiger charge is -2.16. The molecule has 1 rings (SSSR count). The van der Waals surface area contributed by atoms with Crippen molar-refractivity contribution in [3.8, 4) is 0 Å². The molecule has 1 aromatic rings. The van der Waals surface area contributed by atoms with Gasteiger partial charge in [0.05, 0.1) is 16.8 Å². The monoisotopic (exact) mass is 317 g/mol. The van der Waals surface area contributed by atoms with E-state index < -0.39 is 29.2 Å². The number of halogens is 6. The molecule has 0 aliphatic rings. The second kappa shape index (κ2) is 5.73. The maximum atomic E-state index is 12.5. The number of hydrogen-bond acceptors (Lipinski definition) is 2. The minimum atomic E-state index is -4.89. The highest BCUT2D eigenvalue weighted by Crippen LogP contribution is 2.37. The SMILES string of the molecule is CNC(=S)NNc1cc(C(F)(F)F)cc(C(F)(F)F)c1. The molecule has 0 fully saturated rings. The van der Waals surface area contributed by atoms with Crippen LogP contribution < -0.4 is 16.2 Å². The minimum absolute atomic E-state index is 0.0102. The van der Waals surface area contributed by atoms with Crippen molar-refractivity contribution < 1.29 is 26.3 Å². The third-order valence-electron chi connectivity index (χ3n) is 2.14. The number of rotatable bonds is 2. The summed E-state index contributed by atoms with van der Waals surface area (Å²) >= 11 is 4.64. The highest BCUT2D eigenvalue weighted by Gasteiger charge is 2.36. The summed E-state index contributed by atoms with van der Waals surface area (Å²) < 4.78 is 75.3. The molecule has 0 bridgehead atoms. The van der Waals surface area contributed by atoms with Crippen molar-refractivity contribution in [2.45, 2.75) is 12.4 Å². The van der Waals surface area contributed by atoms with Crippen LogP contribution >= 0.6 is 12.2 Å². The Morgan fingerprint density at radius 3 is 1.75 bits per heavy atom. The molecule has 3 N–H and O–H groups in total. The van der Waals surface area contributed by atoms with Crippen LogP contribution in [0.5, 0.6) is 0 Å². The Balaban J connectivity index is 3.14. The molecule has 0 atom stereocenters. The molecule has 0 aliphatic carbocycles. The van der Waals surface area contributed by atoms with Crippen LogP contribution in [0, 0.1) is 0 Å². The predicted octanol–water partition coefficient (Wildman–Crippen LogP) is 3.15. The van der Waals surface area contributed by atoms with Gasteiger partial charge in [0.15, 0.2) is 5.11 Å². The Hall–Kier alpha value is -1.71. The third kappa shape index (κ3) is 4.44. The lowest BCUT2D eigenvalue weighted by Crippen LogP contribution is -2.36. The van der Waals surface area contributed by atoms with Crippen LogP contribution in [-0.4, -0.2) is 12.2 Å². The fourth-order valence-corrected chi connectivity index (χ4v) is 1.27. The highest BCUT2D eigenvalue weighted by molar-refractivity contribution is 7.80. The zero-order valence-electron chi connectivity index (χ0n) is 9.91. The van der Waals surface area contributed by atoms with Gasteiger partial charge in [-0.1, -0.05) is 0 Å². The van der Waals surface area contributed by atoms with Crippen molar-refractivity contribution in [1.82, 2.24) is 10.7 Å². The van der Waals surface area contributed by atoms with E-state index in [1.165, 1.54) is 7.05 Å². The molecule has 0 spiro atoms. The van der Waals surface area contributed by atoms with Crippen LogP contribution in [0.15, 0.2) is 18.2 Å². The van der Waals surface area contributed by atoms with E-state index in [0.717, 1.165) is 0 Å². The number of alkyl halides is 6. The first-order valence-corrected chi connectivity index (χ1v) is 5.48. The standard InChI is InChI=1S/C10H9F6N3S/c1-17-8(20)19-18-7-3-5(9(11,12)13)2-6(4-7)10(14,15)16/h2-4,18H,1H3,(H2,17,19,20). The summed E-state index contributed by atoms with van der Waals surface area (Å²) in [5.74, 6) is 0. The molecule has 0 aliphatic heterocycles. The van der Waals surface area contributed by atoms with Gasteiger partial charge in [0.1, 0.15) is 0 Å². The van der Waals surface area contributed by atoms with Crippen LogP contribution in [0.1, 0.15) is 11.1 Å². The van der Waals surface area contributed by atoms with E-state index in [9.17, 15) is 26.3 Å². The first-order chi connectivity index (χ1) is 9.04. The average molecular weight is 317 g/mol. The van der Waals surface area contributed by atoms with Gasteiger partial charge in [0, 0.05) is 7.05 Å². The third-order valence-corrected chi connectivity index (χ3v) is 2.44. The summed E-state index contributed by atoms with van der Waals surface area (Å²) in [6, 6.07) is 1.13. The molecule has 0 saturated heterocycles. The van der Waals surface area contributed by atoms with Crippen molar-refractivity contribution in [1.29, 1.82) is 0 Å². The van der Waals surface area contributed by atoms with Crippen molar-refractivity contribution in [3.63, 3.8) is 0 Å². The quantitative estimate of drug-likeness (QED) is 0.445. The summed E-state index contributed by atoms with van der Waals surface area (Å²) in [7, 11) is 1.43. The number of hydrazine groups is 1. The van der Waals surface area contributed by atoms with Gasteiger partial charge < -0.3 is 5.32 Å². The molecule has 0 unspecified atom stereocenters. The lowest BCUT2D eigenvalue weighted by molar-refractivity contribution is -0.143. The second-order valence-corrected chi connectivity index (χ2v) is 4.03. The molecule has 3 nitrogen and oxygen atoms in total. The maximum absolute atomic E-state index is 12.5. The van der Waals surface area contributed by atoms with Gasteiger partial charge in [-0.3, -0.25) is 10.9 Å². The molecule has 0 heterocycles. The van der Waals surface area contributed by atoms with Gasteiger partial charge in [-0.25, -0.2) is 0 Å². The Kier molecular flexibility index (Phi) is 4.69. The molecule has 20 heavy (non-hydrogen) atoms. The van der Waals surface area contributed by atoms with Crippen LogP contribution in [0.2, 0.25) is 0 Å². The first-order valence-electron chi connectivity index (χ1n) is 5.07. The van der Waals surface area contributed by atoms with Crippen LogP contribution in [0.3, 0.4) is 0 Å². The molecule has 0 amide bonds. The van der Waals surface area contributed by atoms with Crippen molar-refractivity contribution in [2.75, 3.05) is 12.5 Å². The van der Waals surface area contributed by atoms with Gasteiger partial charge in [0.25, 0.3) is 0 Å². The normalized spacial score (nSPS) is 11.9. The van der Waals surface area contributed by atoms with E-state index in [4.69, 9.17) is 0 Å². The average Bonchev–Trinajstić information content (AvgIpc) is 2.33. The van der Waals surface area contributed by atoms with Gasteiger partial charge >= 0.3 is 12.4 Å². The zero-order valence-corrected chi connectivity index (χ0v) is 10.7. The Labute approximate surface area is 115 Å². The van der Waals surface area contributed by atoms with Crippen molar-refractivity contribution >= 4 is 23.0 Å². The summed E-state index contributed by atoms with van der Waals surface area (Å²) in [5, 5.41) is 2.45. The number of nitrogens with one attached hydrogen (secondary N) is 3. The molecule has 10 heteroatoms. The second-order valence-electron chi connectivity index (χ2n) is 3.62. The maximum Gasteiger partial charge on any atom is 0.416 e. The lowest BCUT2D eigenvalue weighted by atomic mass is 10.1. The van der Waals surface area contributed by atoms with E-state index in [2.05, 4.69) is 28.4 Å². The minimum Gasteiger partial charge on any atom is -0.364 e. The molecule has 0 aromatic heterocycles. The van der Waals surface area contributed by atoms with Crippen LogP contribution in [-0.2, 0) is 12.4 Å². The fourth-order valence-electron chi connectivity index (χ4n) is 1.22. The zero-order chi connectivity index (χ0) is 15.6. The van der Waals surface area contributed by atoms with Gasteiger partial charge in [0.2, 0.25) is 0 Å². The van der Waals surface area contributed by atoms with Crippen LogP contribution in [0.25, 0.3) is 0 Å². The summed E-state index contributed by atoms with van der Waals surface area (Å²) in [4.78, 5) is 0. The summed E-state index contributed by atoms with van der Waals surface area (Å²) in [6.07, 6.45) is -9.78. The molecule has 112 valence electrons. The van der Waals surface area contributed by atoms with E-state index in [0.29, 0.717) is 12.1 Å². The Morgan fingerprint density at radius 2 is 1.40 bits per heavy atom. The Bertz CT molecular complexity index is 464. The van der Waals surface area contributed by atoms with Crippen LogP contribution in [0.4, 0.5) is 32.0 Å². The molecule has 0 saturated carbocycles. The topological polar surface area (TPSA) is 36.1 Å².